The van der Waals surface area contributed by atoms with Gasteiger partial charge in [0, 0.05) is 25.7 Å². The summed E-state index contributed by atoms with van der Waals surface area (Å²) in [5, 5.41) is 6.86. The van der Waals surface area contributed by atoms with E-state index in [1.165, 1.54) is 38.9 Å². The van der Waals surface area contributed by atoms with Crippen molar-refractivity contribution in [3.05, 3.63) is 0 Å². The van der Waals surface area contributed by atoms with Gasteiger partial charge in [-0.3, -0.25) is 0 Å². The first-order valence-electron chi connectivity index (χ1n) is 4.39. The number of nitrogens with one attached hydrogen (secondary N) is 2. The molecule has 2 nitrogen and oxygen atoms in total. The molecule has 58 valence electrons. The molecule has 0 aromatic heterocycles. The zero-order chi connectivity index (χ0) is 6.81. The molecule has 1 aliphatic carbocycles. The molecular formula is C8H16N2. The molecule has 1 aliphatic heterocycles. The average molecular weight is 140 g/mol. The van der Waals surface area contributed by atoms with Gasteiger partial charge in [-0.15, -0.1) is 0 Å². The fourth-order valence-electron chi connectivity index (χ4n) is 1.44. The average Bonchev–Trinajstić information content (AvgIpc) is 1.70. The molecule has 2 rings (SSSR count). The van der Waals surface area contributed by atoms with Gasteiger partial charge in [-0.25, -0.2) is 0 Å². The predicted molar refractivity (Wildman–Crippen MR) is 42.0 cm³/mol. The summed E-state index contributed by atoms with van der Waals surface area (Å²) >= 11 is 0. The number of hydrogen-bond acceptors (Lipinski definition) is 2. The molecule has 0 spiro atoms. The first-order chi connectivity index (χ1) is 4.95. The summed E-state index contributed by atoms with van der Waals surface area (Å²) in [7, 11) is 0. The minimum atomic E-state index is 0.876. The Hall–Kier alpha value is -0.0800. The van der Waals surface area contributed by atoms with Crippen LogP contribution in [0.1, 0.15) is 19.3 Å². The van der Waals surface area contributed by atoms with Crippen molar-refractivity contribution in [3.8, 4) is 0 Å². The molecule has 0 bridgehead atoms. The lowest BCUT2D eigenvalue weighted by Crippen LogP contribution is -2.49. The van der Waals surface area contributed by atoms with Gasteiger partial charge in [-0.05, 0) is 18.8 Å². The molecule has 2 heteroatoms. The summed E-state index contributed by atoms with van der Waals surface area (Å²) in [5.41, 5.74) is 0. The second kappa shape index (κ2) is 2.89. The summed E-state index contributed by atoms with van der Waals surface area (Å²) in [5.74, 6) is 0.931. The Balaban J connectivity index is 1.54. The molecule has 0 aromatic carbocycles. The Morgan fingerprint density at radius 1 is 1.30 bits per heavy atom. The molecule has 2 aliphatic rings. The van der Waals surface area contributed by atoms with Gasteiger partial charge in [0.1, 0.15) is 0 Å². The first-order valence-corrected chi connectivity index (χ1v) is 4.39. The van der Waals surface area contributed by atoms with E-state index < -0.39 is 0 Å². The molecule has 0 unspecified atom stereocenters. The lowest BCUT2D eigenvalue weighted by atomic mass is 9.92. The van der Waals surface area contributed by atoms with E-state index in [2.05, 4.69) is 10.6 Å². The Morgan fingerprint density at radius 2 is 2.10 bits per heavy atom. The Labute approximate surface area is 62.4 Å². The summed E-state index contributed by atoms with van der Waals surface area (Å²) < 4.78 is 0. The van der Waals surface area contributed by atoms with Crippen LogP contribution >= 0.6 is 0 Å². The maximum atomic E-state index is 3.58. The highest BCUT2D eigenvalue weighted by atomic mass is 15.0. The SMILES string of the molecule is C1CC(NCC2CNC2)C1. The summed E-state index contributed by atoms with van der Waals surface area (Å²) in [6.45, 7) is 3.72. The fourth-order valence-corrected chi connectivity index (χ4v) is 1.44. The van der Waals surface area contributed by atoms with Crippen LogP contribution in [-0.4, -0.2) is 25.7 Å². The molecule has 0 aromatic rings. The van der Waals surface area contributed by atoms with Crippen LogP contribution in [0.15, 0.2) is 0 Å². The van der Waals surface area contributed by atoms with Crippen molar-refractivity contribution in [3.63, 3.8) is 0 Å². The van der Waals surface area contributed by atoms with Crippen molar-refractivity contribution in [1.29, 1.82) is 0 Å². The van der Waals surface area contributed by atoms with Crippen LogP contribution in [0.3, 0.4) is 0 Å². The molecule has 2 fully saturated rings. The van der Waals surface area contributed by atoms with Crippen LogP contribution < -0.4 is 10.6 Å². The second-order valence-electron chi connectivity index (χ2n) is 3.56. The minimum Gasteiger partial charge on any atom is -0.316 e. The summed E-state index contributed by atoms with van der Waals surface area (Å²) in [4.78, 5) is 0. The van der Waals surface area contributed by atoms with E-state index in [-0.39, 0.29) is 0 Å². The van der Waals surface area contributed by atoms with Crippen LogP contribution in [-0.2, 0) is 0 Å². The van der Waals surface area contributed by atoms with Crippen LogP contribution in [0.25, 0.3) is 0 Å². The van der Waals surface area contributed by atoms with Gasteiger partial charge in [0.05, 0.1) is 0 Å². The van der Waals surface area contributed by atoms with Crippen molar-refractivity contribution in [2.75, 3.05) is 19.6 Å². The highest BCUT2D eigenvalue weighted by molar-refractivity contribution is 4.81. The maximum absolute atomic E-state index is 3.58. The predicted octanol–water partition coefficient (Wildman–Crippen LogP) is 0.348. The molecule has 0 amide bonds. The zero-order valence-electron chi connectivity index (χ0n) is 6.40. The van der Waals surface area contributed by atoms with Gasteiger partial charge >= 0.3 is 0 Å². The smallest absolute Gasteiger partial charge is 0.00672 e. The number of rotatable bonds is 3. The standard InChI is InChI=1S/C8H16N2/c1-2-8(3-1)10-6-7-4-9-5-7/h7-10H,1-6H2. The van der Waals surface area contributed by atoms with Gasteiger partial charge < -0.3 is 10.6 Å². The topological polar surface area (TPSA) is 24.1 Å². The lowest BCUT2D eigenvalue weighted by molar-refractivity contribution is 0.274. The quantitative estimate of drug-likeness (QED) is 0.591. The Bertz CT molecular complexity index is 91.8. The van der Waals surface area contributed by atoms with Gasteiger partial charge in [-0.1, -0.05) is 6.42 Å². The van der Waals surface area contributed by atoms with E-state index in [0.717, 1.165) is 12.0 Å². The Morgan fingerprint density at radius 3 is 2.50 bits per heavy atom. The van der Waals surface area contributed by atoms with E-state index in [9.17, 15) is 0 Å². The monoisotopic (exact) mass is 140 g/mol. The van der Waals surface area contributed by atoms with Crippen LogP contribution in [0.4, 0.5) is 0 Å². The molecule has 1 saturated carbocycles. The third kappa shape index (κ3) is 1.32. The minimum absolute atomic E-state index is 0.876. The first kappa shape index (κ1) is 6.62. The molecule has 0 radical (unpaired) electrons. The van der Waals surface area contributed by atoms with Crippen molar-refractivity contribution in [1.82, 2.24) is 10.6 Å². The molecule has 10 heavy (non-hydrogen) atoms. The van der Waals surface area contributed by atoms with Gasteiger partial charge in [-0.2, -0.15) is 0 Å². The highest BCUT2D eigenvalue weighted by Gasteiger charge is 2.21. The normalized spacial score (nSPS) is 27.6. The Kier molecular flexibility index (Phi) is 1.91. The second-order valence-corrected chi connectivity index (χ2v) is 3.56. The van der Waals surface area contributed by atoms with Crippen LogP contribution in [0, 0.1) is 5.92 Å². The van der Waals surface area contributed by atoms with Crippen molar-refractivity contribution >= 4 is 0 Å². The van der Waals surface area contributed by atoms with Crippen molar-refractivity contribution in [2.45, 2.75) is 25.3 Å². The lowest BCUT2D eigenvalue weighted by Gasteiger charge is -2.32. The van der Waals surface area contributed by atoms with E-state index in [4.69, 9.17) is 0 Å². The number of hydrogen-bond donors (Lipinski definition) is 2. The summed E-state index contributed by atoms with van der Waals surface area (Å²) in [6.07, 6.45) is 4.28. The maximum Gasteiger partial charge on any atom is 0.00672 e. The molecule has 1 saturated heterocycles. The van der Waals surface area contributed by atoms with Gasteiger partial charge in [0.2, 0.25) is 0 Å². The van der Waals surface area contributed by atoms with E-state index >= 15 is 0 Å². The third-order valence-corrected chi connectivity index (χ3v) is 2.67. The van der Waals surface area contributed by atoms with Gasteiger partial charge in [0.15, 0.2) is 0 Å². The largest absolute Gasteiger partial charge is 0.316 e. The molecule has 1 heterocycles. The fraction of sp³-hybridized carbons (Fsp3) is 1.00. The van der Waals surface area contributed by atoms with Crippen LogP contribution in [0.5, 0.6) is 0 Å². The van der Waals surface area contributed by atoms with E-state index in [1.807, 2.05) is 0 Å². The molecular weight excluding hydrogens is 124 g/mol. The van der Waals surface area contributed by atoms with E-state index in [0.29, 0.717) is 0 Å². The van der Waals surface area contributed by atoms with Crippen molar-refractivity contribution < 1.29 is 0 Å². The summed E-state index contributed by atoms with van der Waals surface area (Å²) in [6, 6.07) is 0.876. The van der Waals surface area contributed by atoms with Crippen molar-refractivity contribution in [2.24, 2.45) is 5.92 Å². The van der Waals surface area contributed by atoms with Crippen LogP contribution in [0.2, 0.25) is 0 Å². The highest BCUT2D eigenvalue weighted by Crippen LogP contribution is 2.18. The zero-order valence-corrected chi connectivity index (χ0v) is 6.40. The molecule has 2 N–H and O–H groups in total. The third-order valence-electron chi connectivity index (χ3n) is 2.67. The van der Waals surface area contributed by atoms with Gasteiger partial charge in [0.25, 0.3) is 0 Å². The molecule has 0 atom stereocenters. The van der Waals surface area contributed by atoms with E-state index in [1.54, 1.807) is 0 Å².